The van der Waals surface area contributed by atoms with E-state index in [2.05, 4.69) is 19.9 Å². The maximum absolute atomic E-state index is 12.0. The van der Waals surface area contributed by atoms with Crippen molar-refractivity contribution < 1.29 is 69.3 Å². The molecule has 0 aliphatic heterocycles. The third-order valence-corrected chi connectivity index (χ3v) is 3.76. The molecule has 172 valence electrons. The summed E-state index contributed by atoms with van der Waals surface area (Å²) >= 11 is 0. The van der Waals surface area contributed by atoms with Gasteiger partial charge in [-0.05, 0) is 12.1 Å². The number of nitrogens with zero attached hydrogens (tertiary/aromatic N) is 4. The van der Waals surface area contributed by atoms with E-state index in [9.17, 15) is 9.90 Å². The number of ether oxygens (including phenoxy) is 6. The van der Waals surface area contributed by atoms with E-state index < -0.39 is 5.97 Å². The van der Waals surface area contributed by atoms with Crippen LogP contribution in [0.15, 0.2) is 30.3 Å². The van der Waals surface area contributed by atoms with Crippen LogP contribution in [-0.4, -0.2) is 59.5 Å². The predicted molar refractivity (Wildman–Crippen MR) is 112 cm³/mol. The van der Waals surface area contributed by atoms with Gasteiger partial charge in [-0.1, -0.05) is 13.5 Å². The number of carboxylic acid groups (broad SMARTS) is 1. The zero-order chi connectivity index (χ0) is 22.4. The molecule has 33 heavy (non-hydrogen) atoms. The summed E-state index contributed by atoms with van der Waals surface area (Å²) in [6, 6.07) is 6.87. The van der Waals surface area contributed by atoms with Crippen molar-refractivity contribution in [2.24, 2.45) is 0 Å². The summed E-state index contributed by atoms with van der Waals surface area (Å²) in [6.45, 7) is 0. The van der Waals surface area contributed by atoms with Crippen molar-refractivity contribution in [2.75, 3.05) is 28.4 Å². The smallest absolute Gasteiger partial charge is 1.00 e. The zero-order valence-electron chi connectivity index (χ0n) is 19.0. The standard InChI is InChI=1S/C19H18N4O8.CH4.Na.H/c1-26-12-8-13(27-2)21-18(20-12)30-10-6-5-7-11(16(10)17(24)25)31-19-22-14(28-3)9-15(23-19)29-4;;;/h5-9H,1-4H3,(H,24,25);1H4;;/q;;+1;-1. The van der Waals surface area contributed by atoms with Gasteiger partial charge in [-0.15, -0.1) is 0 Å². The fraction of sp³-hybridized carbons (Fsp3) is 0.250. The summed E-state index contributed by atoms with van der Waals surface area (Å²) in [5.41, 5.74) is -0.307. The molecule has 0 fully saturated rings. The van der Waals surface area contributed by atoms with Gasteiger partial charge >= 0.3 is 47.5 Å². The van der Waals surface area contributed by atoms with Crippen molar-refractivity contribution in [3.05, 3.63) is 35.9 Å². The van der Waals surface area contributed by atoms with Crippen LogP contribution in [0.4, 0.5) is 0 Å². The molecule has 0 aliphatic carbocycles. The fourth-order valence-corrected chi connectivity index (χ4v) is 2.37. The molecule has 2 heterocycles. The van der Waals surface area contributed by atoms with Crippen molar-refractivity contribution in [1.29, 1.82) is 0 Å². The van der Waals surface area contributed by atoms with Gasteiger partial charge in [0.15, 0.2) is 0 Å². The minimum absolute atomic E-state index is 0. The molecule has 0 saturated heterocycles. The summed E-state index contributed by atoms with van der Waals surface area (Å²) in [4.78, 5) is 28.1. The van der Waals surface area contributed by atoms with Gasteiger partial charge < -0.3 is 35.0 Å². The van der Waals surface area contributed by atoms with Gasteiger partial charge in [0.05, 0.1) is 40.6 Å². The average Bonchev–Trinajstić information content (AvgIpc) is 2.78. The van der Waals surface area contributed by atoms with Gasteiger partial charge in [-0.3, -0.25) is 0 Å². The summed E-state index contributed by atoms with van der Waals surface area (Å²) in [6.07, 6.45) is 0. The Morgan fingerprint density at radius 2 is 1.09 bits per heavy atom. The molecule has 0 radical (unpaired) electrons. The number of methoxy groups -OCH3 is 4. The van der Waals surface area contributed by atoms with E-state index in [1.54, 1.807) is 0 Å². The van der Waals surface area contributed by atoms with E-state index in [-0.39, 0.29) is 91.0 Å². The maximum atomic E-state index is 12.0. The quantitative estimate of drug-likeness (QED) is 0.430. The Morgan fingerprint density at radius 1 is 0.758 bits per heavy atom. The topological polar surface area (TPSA) is 144 Å². The summed E-state index contributed by atoms with van der Waals surface area (Å²) in [7, 11) is 5.63. The Labute approximate surface area is 213 Å². The normalized spacial score (nSPS) is 9.58. The van der Waals surface area contributed by atoms with E-state index in [1.165, 1.54) is 58.8 Å². The third kappa shape index (κ3) is 6.81. The van der Waals surface area contributed by atoms with Crippen LogP contribution < -0.4 is 58.0 Å². The molecule has 3 aromatic rings. The molecule has 12 nitrogen and oxygen atoms in total. The number of carbonyl (C=O) groups is 1. The molecule has 13 heteroatoms. The third-order valence-electron chi connectivity index (χ3n) is 3.76. The van der Waals surface area contributed by atoms with Gasteiger partial charge in [0, 0.05) is 0 Å². The van der Waals surface area contributed by atoms with Crippen molar-refractivity contribution in [1.82, 2.24) is 19.9 Å². The van der Waals surface area contributed by atoms with Crippen LogP contribution in [0.3, 0.4) is 0 Å². The van der Waals surface area contributed by atoms with E-state index in [0.717, 1.165) is 0 Å². The first-order valence-corrected chi connectivity index (χ1v) is 8.63. The van der Waals surface area contributed by atoms with Crippen molar-refractivity contribution >= 4 is 5.97 Å². The van der Waals surface area contributed by atoms with Crippen LogP contribution >= 0.6 is 0 Å². The van der Waals surface area contributed by atoms with E-state index in [0.29, 0.717) is 0 Å². The molecule has 0 amide bonds. The minimum atomic E-state index is -1.32. The van der Waals surface area contributed by atoms with Gasteiger partial charge in [-0.2, -0.15) is 19.9 Å². The van der Waals surface area contributed by atoms with Crippen LogP contribution in [0, 0.1) is 0 Å². The minimum Gasteiger partial charge on any atom is -1.00 e. The largest absolute Gasteiger partial charge is 1.00 e. The maximum Gasteiger partial charge on any atom is 1.00 e. The first kappa shape index (κ1) is 27.7. The molecule has 0 unspecified atom stereocenters. The molecular weight excluding hydrogens is 447 g/mol. The molecule has 0 bridgehead atoms. The molecule has 1 aromatic carbocycles. The molecule has 0 saturated carbocycles. The number of hydrogen-bond acceptors (Lipinski definition) is 11. The number of aromatic nitrogens is 4. The summed E-state index contributed by atoms with van der Waals surface area (Å²) < 4.78 is 31.4. The summed E-state index contributed by atoms with van der Waals surface area (Å²) in [5.74, 6) is -0.822. The molecule has 2 aromatic heterocycles. The molecule has 0 spiro atoms. The molecule has 0 atom stereocenters. The second-order valence-corrected chi connectivity index (χ2v) is 5.61. The Balaban J connectivity index is 0.00000363. The van der Waals surface area contributed by atoms with E-state index in [1.807, 2.05) is 0 Å². The van der Waals surface area contributed by atoms with Crippen LogP contribution in [0.2, 0.25) is 0 Å². The average molecular weight is 470 g/mol. The Bertz CT molecular complexity index is 986. The number of aromatic carboxylic acids is 1. The number of benzene rings is 1. The van der Waals surface area contributed by atoms with Gasteiger partial charge in [0.1, 0.15) is 17.1 Å². The summed E-state index contributed by atoms with van der Waals surface area (Å²) in [5, 5.41) is 9.77. The Hall–Kier alpha value is -3.35. The van der Waals surface area contributed by atoms with Crippen LogP contribution in [-0.2, 0) is 0 Å². The second kappa shape index (κ2) is 12.6. The van der Waals surface area contributed by atoms with Crippen LogP contribution in [0.5, 0.6) is 47.0 Å². The van der Waals surface area contributed by atoms with Gasteiger partial charge in [0.25, 0.3) is 0 Å². The molecule has 3 rings (SSSR count). The fourth-order valence-electron chi connectivity index (χ4n) is 2.37. The Kier molecular flexibility index (Phi) is 10.6. The van der Waals surface area contributed by atoms with Crippen molar-refractivity contribution in [3.8, 4) is 47.0 Å². The van der Waals surface area contributed by atoms with Crippen molar-refractivity contribution in [3.63, 3.8) is 0 Å². The van der Waals surface area contributed by atoms with Crippen LogP contribution in [0.1, 0.15) is 19.2 Å². The first-order valence-electron chi connectivity index (χ1n) is 8.63. The van der Waals surface area contributed by atoms with Gasteiger partial charge in [0.2, 0.25) is 23.5 Å². The zero-order valence-corrected chi connectivity index (χ0v) is 20.0. The SMILES string of the molecule is C.COc1cc(OC)nc(Oc2cccc(Oc3nc(OC)cc(OC)n3)c2C(=O)O)n1.[H-].[Na+]. The first-order chi connectivity index (χ1) is 15.0. The predicted octanol–water partition coefficient (Wildman–Crippen LogP) is 0.336. The second-order valence-electron chi connectivity index (χ2n) is 5.61. The van der Waals surface area contributed by atoms with E-state index in [4.69, 9.17) is 28.4 Å². The Morgan fingerprint density at radius 3 is 1.36 bits per heavy atom. The monoisotopic (exact) mass is 470 g/mol. The number of carboxylic acids is 1. The molecule has 1 N–H and O–H groups in total. The van der Waals surface area contributed by atoms with E-state index >= 15 is 0 Å². The number of hydrogen-bond donors (Lipinski definition) is 1. The number of rotatable bonds is 9. The molecular formula is C20H23N4NaO8. The van der Waals surface area contributed by atoms with Crippen molar-refractivity contribution in [2.45, 2.75) is 7.43 Å². The molecule has 0 aliphatic rings. The van der Waals surface area contributed by atoms with Crippen LogP contribution in [0.25, 0.3) is 0 Å². The van der Waals surface area contributed by atoms with Gasteiger partial charge in [-0.25, -0.2) is 4.79 Å².